The van der Waals surface area contributed by atoms with E-state index in [-0.39, 0.29) is 18.4 Å². The van der Waals surface area contributed by atoms with Gasteiger partial charge in [0.05, 0.1) is 9.70 Å². The number of benzene rings is 1. The fourth-order valence-electron chi connectivity index (χ4n) is 2.14. The zero-order chi connectivity index (χ0) is 16.1. The van der Waals surface area contributed by atoms with Crippen molar-refractivity contribution in [2.45, 2.75) is 19.4 Å². The van der Waals surface area contributed by atoms with Crippen LogP contribution in [0.1, 0.15) is 23.3 Å². The third-order valence-corrected chi connectivity index (χ3v) is 5.05. The average Bonchev–Trinajstić information content (AvgIpc) is 2.92. The average molecular weight is 382 g/mol. The Balaban J connectivity index is 2.17. The first kappa shape index (κ1) is 16.7. The number of aliphatic carboxylic acids is 1. The number of carbonyl (C=O) groups excluding carboxylic acids is 1. The molecule has 6 heteroatoms. The molecule has 1 amide bonds. The molecule has 1 unspecified atom stereocenters. The van der Waals surface area contributed by atoms with Gasteiger partial charge in [0.25, 0.3) is 0 Å². The maximum atomic E-state index is 12.6. The first-order valence-corrected chi connectivity index (χ1v) is 8.38. The second-order valence-corrected chi connectivity index (χ2v) is 7.43. The van der Waals surface area contributed by atoms with Gasteiger partial charge in [-0.05, 0) is 40.5 Å². The van der Waals surface area contributed by atoms with Gasteiger partial charge in [-0.3, -0.25) is 9.59 Å². The number of hydrogen-bond donors (Lipinski definition) is 1. The van der Waals surface area contributed by atoms with Gasteiger partial charge in [-0.1, -0.05) is 30.3 Å². The standard InChI is InChI=1S/C16H16BrNO3S/c1-11(13-7-8-14(17)22-13)16(21)18(10-15(19)20)9-12-5-3-2-4-6-12/h2-8,11H,9-10H2,1H3,(H,19,20). The van der Waals surface area contributed by atoms with Gasteiger partial charge in [0.15, 0.2) is 0 Å². The molecule has 0 bridgehead atoms. The van der Waals surface area contributed by atoms with Crippen LogP contribution >= 0.6 is 27.3 Å². The Labute approximate surface area is 141 Å². The Kier molecular flexibility index (Phi) is 5.74. The van der Waals surface area contributed by atoms with Gasteiger partial charge >= 0.3 is 5.97 Å². The molecule has 2 aromatic rings. The van der Waals surface area contributed by atoms with Gasteiger partial charge < -0.3 is 10.0 Å². The number of hydrogen-bond acceptors (Lipinski definition) is 3. The first-order valence-electron chi connectivity index (χ1n) is 6.77. The number of rotatable bonds is 6. The minimum Gasteiger partial charge on any atom is -0.480 e. The molecule has 1 aromatic heterocycles. The molecule has 1 N–H and O–H groups in total. The van der Waals surface area contributed by atoms with Crippen molar-refractivity contribution in [2.24, 2.45) is 0 Å². The number of carbonyl (C=O) groups is 2. The summed E-state index contributed by atoms with van der Waals surface area (Å²) in [4.78, 5) is 26.0. The molecule has 1 heterocycles. The molecule has 0 spiro atoms. The Morgan fingerprint density at radius 3 is 2.45 bits per heavy atom. The van der Waals surface area contributed by atoms with Crippen LogP contribution in [-0.2, 0) is 16.1 Å². The van der Waals surface area contributed by atoms with Gasteiger partial charge in [0, 0.05) is 11.4 Å². The maximum absolute atomic E-state index is 12.6. The summed E-state index contributed by atoms with van der Waals surface area (Å²) < 4.78 is 0.954. The van der Waals surface area contributed by atoms with Crippen molar-refractivity contribution in [1.82, 2.24) is 4.90 Å². The third-order valence-electron chi connectivity index (χ3n) is 3.25. The number of nitrogens with zero attached hydrogens (tertiary/aromatic N) is 1. The zero-order valence-electron chi connectivity index (χ0n) is 12.0. The summed E-state index contributed by atoms with van der Waals surface area (Å²) in [5.74, 6) is -1.55. The van der Waals surface area contributed by atoms with Crippen LogP contribution in [0.5, 0.6) is 0 Å². The van der Waals surface area contributed by atoms with Gasteiger partial charge in [-0.2, -0.15) is 0 Å². The Hall–Kier alpha value is -1.66. The van der Waals surface area contributed by atoms with Crippen LogP contribution in [0.2, 0.25) is 0 Å². The molecular weight excluding hydrogens is 366 g/mol. The molecule has 0 saturated carbocycles. The third kappa shape index (κ3) is 4.42. The van der Waals surface area contributed by atoms with E-state index in [0.717, 1.165) is 14.2 Å². The summed E-state index contributed by atoms with van der Waals surface area (Å²) in [6.45, 7) is 1.80. The highest BCUT2D eigenvalue weighted by molar-refractivity contribution is 9.11. The number of carboxylic acids is 1. The minimum absolute atomic E-state index is 0.180. The minimum atomic E-state index is -1.01. The first-order chi connectivity index (χ1) is 10.5. The number of carboxylic acid groups (broad SMARTS) is 1. The van der Waals surface area contributed by atoms with Crippen LogP contribution in [0.4, 0.5) is 0 Å². The van der Waals surface area contributed by atoms with Crippen molar-refractivity contribution in [2.75, 3.05) is 6.54 Å². The molecular formula is C16H16BrNO3S. The van der Waals surface area contributed by atoms with Crippen LogP contribution in [0.25, 0.3) is 0 Å². The highest BCUT2D eigenvalue weighted by atomic mass is 79.9. The van der Waals surface area contributed by atoms with Gasteiger partial charge in [-0.25, -0.2) is 0 Å². The van der Waals surface area contributed by atoms with Crippen molar-refractivity contribution in [3.05, 3.63) is 56.7 Å². The lowest BCUT2D eigenvalue weighted by atomic mass is 10.1. The van der Waals surface area contributed by atoms with Gasteiger partial charge in [0.2, 0.25) is 5.91 Å². The predicted molar refractivity (Wildman–Crippen MR) is 89.9 cm³/mol. The molecule has 0 radical (unpaired) electrons. The van der Waals surface area contributed by atoms with Crippen LogP contribution in [0.3, 0.4) is 0 Å². The molecule has 22 heavy (non-hydrogen) atoms. The summed E-state index contributed by atoms with van der Waals surface area (Å²) in [6, 6.07) is 13.2. The fourth-order valence-corrected chi connectivity index (χ4v) is 3.60. The lowest BCUT2D eigenvalue weighted by molar-refractivity contribution is -0.145. The zero-order valence-corrected chi connectivity index (χ0v) is 14.4. The summed E-state index contributed by atoms with van der Waals surface area (Å²) >= 11 is 4.87. The molecule has 1 atom stereocenters. The highest BCUT2D eigenvalue weighted by Crippen LogP contribution is 2.29. The Morgan fingerprint density at radius 2 is 1.91 bits per heavy atom. The van der Waals surface area contributed by atoms with E-state index in [1.807, 2.05) is 42.5 Å². The van der Waals surface area contributed by atoms with E-state index < -0.39 is 5.97 Å². The topological polar surface area (TPSA) is 57.6 Å². The van der Waals surface area contributed by atoms with Crippen molar-refractivity contribution >= 4 is 39.1 Å². The number of thiophene rings is 1. The molecule has 0 aliphatic heterocycles. The SMILES string of the molecule is CC(C(=O)N(CC(=O)O)Cc1ccccc1)c1ccc(Br)s1. The van der Waals surface area contributed by atoms with E-state index in [4.69, 9.17) is 5.11 Å². The van der Waals surface area contributed by atoms with E-state index in [0.29, 0.717) is 6.54 Å². The molecule has 2 rings (SSSR count). The summed E-state index contributed by atoms with van der Waals surface area (Å²) in [5, 5.41) is 9.07. The predicted octanol–water partition coefficient (Wildman–Crippen LogP) is 3.73. The second kappa shape index (κ2) is 7.56. The molecule has 116 valence electrons. The fraction of sp³-hybridized carbons (Fsp3) is 0.250. The lowest BCUT2D eigenvalue weighted by Gasteiger charge is -2.24. The maximum Gasteiger partial charge on any atom is 0.323 e. The largest absolute Gasteiger partial charge is 0.480 e. The van der Waals surface area contributed by atoms with E-state index >= 15 is 0 Å². The van der Waals surface area contributed by atoms with E-state index in [1.54, 1.807) is 6.92 Å². The van der Waals surface area contributed by atoms with Crippen molar-refractivity contribution < 1.29 is 14.7 Å². The van der Waals surface area contributed by atoms with Crippen LogP contribution in [-0.4, -0.2) is 28.4 Å². The lowest BCUT2D eigenvalue weighted by Crippen LogP contribution is -2.37. The smallest absolute Gasteiger partial charge is 0.323 e. The number of amides is 1. The van der Waals surface area contributed by atoms with E-state index in [1.165, 1.54) is 16.2 Å². The normalized spacial score (nSPS) is 11.9. The summed E-state index contributed by atoms with van der Waals surface area (Å²) in [6.07, 6.45) is 0. The molecule has 0 fully saturated rings. The van der Waals surface area contributed by atoms with E-state index in [2.05, 4.69) is 15.9 Å². The Bertz CT molecular complexity index is 656. The van der Waals surface area contributed by atoms with Crippen LogP contribution < -0.4 is 0 Å². The van der Waals surface area contributed by atoms with Crippen molar-refractivity contribution in [3.8, 4) is 0 Å². The molecule has 1 aromatic carbocycles. The molecule has 0 aliphatic rings. The van der Waals surface area contributed by atoms with Crippen LogP contribution in [0, 0.1) is 0 Å². The summed E-state index contributed by atoms with van der Waals surface area (Å²) in [7, 11) is 0. The highest BCUT2D eigenvalue weighted by Gasteiger charge is 2.25. The van der Waals surface area contributed by atoms with Crippen molar-refractivity contribution in [1.29, 1.82) is 0 Å². The summed E-state index contributed by atoms with van der Waals surface area (Å²) in [5.41, 5.74) is 0.914. The van der Waals surface area contributed by atoms with Crippen LogP contribution in [0.15, 0.2) is 46.3 Å². The van der Waals surface area contributed by atoms with E-state index in [9.17, 15) is 9.59 Å². The van der Waals surface area contributed by atoms with Gasteiger partial charge in [0.1, 0.15) is 6.54 Å². The molecule has 4 nitrogen and oxygen atoms in total. The number of halogens is 1. The quantitative estimate of drug-likeness (QED) is 0.829. The second-order valence-electron chi connectivity index (χ2n) is 4.94. The molecule has 0 aliphatic carbocycles. The molecule has 0 saturated heterocycles. The Morgan fingerprint density at radius 1 is 1.23 bits per heavy atom. The monoisotopic (exact) mass is 381 g/mol. The van der Waals surface area contributed by atoms with Gasteiger partial charge in [-0.15, -0.1) is 11.3 Å². The van der Waals surface area contributed by atoms with Crippen molar-refractivity contribution in [3.63, 3.8) is 0 Å².